The number of imidazole rings is 1. The summed E-state index contributed by atoms with van der Waals surface area (Å²) in [6.07, 6.45) is 7.30. The zero-order chi connectivity index (χ0) is 24.8. The normalized spacial score (nSPS) is 18.6. The van der Waals surface area contributed by atoms with Crippen molar-refractivity contribution in [2.24, 2.45) is 13.0 Å². The molecule has 4 aromatic rings. The van der Waals surface area contributed by atoms with Gasteiger partial charge in [0, 0.05) is 43.5 Å². The first-order valence-electron chi connectivity index (χ1n) is 13.1. The van der Waals surface area contributed by atoms with Crippen LogP contribution < -0.4 is 15.7 Å². The maximum Gasteiger partial charge on any atom is 0.329 e. The maximum absolute atomic E-state index is 13.0. The van der Waals surface area contributed by atoms with Crippen LogP contribution in [-0.2, 0) is 7.05 Å². The van der Waals surface area contributed by atoms with Gasteiger partial charge in [-0.1, -0.05) is 13.0 Å². The number of aromatic nitrogens is 4. The van der Waals surface area contributed by atoms with Crippen LogP contribution >= 0.6 is 0 Å². The molecule has 0 aliphatic carbocycles. The molecule has 1 atom stereocenters. The summed E-state index contributed by atoms with van der Waals surface area (Å²) in [5, 5.41) is 4.59. The van der Waals surface area contributed by atoms with Crippen molar-refractivity contribution in [2.75, 3.05) is 38.1 Å². The lowest BCUT2D eigenvalue weighted by molar-refractivity contribution is 0.176. The zero-order valence-electron chi connectivity index (χ0n) is 21.3. The van der Waals surface area contributed by atoms with Crippen molar-refractivity contribution < 1.29 is 4.74 Å². The monoisotopic (exact) mass is 486 g/mol. The Bertz CT molecular complexity index is 1460. The van der Waals surface area contributed by atoms with Gasteiger partial charge < -0.3 is 15.0 Å². The van der Waals surface area contributed by atoms with Gasteiger partial charge in [-0.05, 0) is 57.3 Å². The SMILES string of the molecule is CC1CCN(CCCOc2ccc(-c3ccc4ncc5c6c4c3NC[C@H](C)n6c(=O)n5C)cn2)CC1. The summed E-state index contributed by atoms with van der Waals surface area (Å²) in [6.45, 7) is 9.25. The van der Waals surface area contributed by atoms with E-state index in [4.69, 9.17) is 4.74 Å². The van der Waals surface area contributed by atoms with Crippen molar-refractivity contribution in [3.63, 3.8) is 0 Å². The molecule has 1 fully saturated rings. The highest BCUT2D eigenvalue weighted by Crippen LogP contribution is 2.40. The fraction of sp³-hybridized carbons (Fsp3) is 0.464. The van der Waals surface area contributed by atoms with Crippen molar-refractivity contribution in [2.45, 2.75) is 39.2 Å². The minimum Gasteiger partial charge on any atom is -0.478 e. The average molecular weight is 487 g/mol. The minimum absolute atomic E-state index is 0.00938. The Kier molecular flexibility index (Phi) is 5.91. The number of aryl methyl sites for hydroxylation is 1. The Morgan fingerprint density at radius 2 is 1.92 bits per heavy atom. The van der Waals surface area contributed by atoms with E-state index in [1.54, 1.807) is 10.8 Å². The fourth-order valence-corrected chi connectivity index (χ4v) is 5.66. The molecule has 0 amide bonds. The molecule has 3 aromatic heterocycles. The van der Waals surface area contributed by atoms with Crippen molar-refractivity contribution in [3.05, 3.63) is 47.1 Å². The molecule has 6 rings (SSSR count). The lowest BCUT2D eigenvalue weighted by atomic mass is 9.99. The Morgan fingerprint density at radius 1 is 1.08 bits per heavy atom. The maximum atomic E-state index is 13.0. The highest BCUT2D eigenvalue weighted by atomic mass is 16.5. The lowest BCUT2D eigenvalue weighted by Crippen LogP contribution is -2.34. The number of likely N-dealkylation sites (tertiary alicyclic amines) is 1. The molecule has 0 saturated carbocycles. The van der Waals surface area contributed by atoms with Crippen LogP contribution in [0.5, 0.6) is 5.88 Å². The van der Waals surface area contributed by atoms with E-state index in [1.165, 1.54) is 25.9 Å². The molecule has 0 bridgehead atoms. The Balaban J connectivity index is 1.24. The molecule has 1 aromatic carbocycles. The average Bonchev–Trinajstić information content (AvgIpc) is 3.05. The van der Waals surface area contributed by atoms with Crippen LogP contribution in [0.25, 0.3) is 33.1 Å². The molecule has 0 unspecified atom stereocenters. The van der Waals surface area contributed by atoms with Crippen LogP contribution in [-0.4, -0.2) is 56.8 Å². The van der Waals surface area contributed by atoms with Crippen LogP contribution in [0.4, 0.5) is 5.69 Å². The van der Waals surface area contributed by atoms with E-state index in [9.17, 15) is 4.79 Å². The van der Waals surface area contributed by atoms with Crippen LogP contribution in [0.1, 0.15) is 39.2 Å². The number of nitrogens with zero attached hydrogens (tertiary/aromatic N) is 5. The number of benzene rings is 1. The van der Waals surface area contributed by atoms with Gasteiger partial charge in [0.15, 0.2) is 0 Å². The zero-order valence-corrected chi connectivity index (χ0v) is 21.3. The Labute approximate surface area is 210 Å². The molecule has 0 spiro atoms. The summed E-state index contributed by atoms with van der Waals surface area (Å²) < 4.78 is 9.54. The second-order valence-electron chi connectivity index (χ2n) is 10.4. The molecular formula is C28H34N6O2. The predicted octanol–water partition coefficient (Wildman–Crippen LogP) is 4.44. The van der Waals surface area contributed by atoms with Gasteiger partial charge in [0.25, 0.3) is 0 Å². The van der Waals surface area contributed by atoms with Crippen molar-refractivity contribution >= 4 is 27.6 Å². The molecule has 188 valence electrons. The van der Waals surface area contributed by atoms with Crippen LogP contribution in [0, 0.1) is 5.92 Å². The van der Waals surface area contributed by atoms with Crippen molar-refractivity contribution in [1.82, 2.24) is 24.0 Å². The van der Waals surface area contributed by atoms with Gasteiger partial charge in [-0.25, -0.2) is 9.78 Å². The highest BCUT2D eigenvalue weighted by Gasteiger charge is 2.25. The number of hydrogen-bond donors (Lipinski definition) is 1. The third-order valence-corrected chi connectivity index (χ3v) is 7.89. The third-order valence-electron chi connectivity index (χ3n) is 7.89. The van der Waals surface area contributed by atoms with Gasteiger partial charge in [-0.15, -0.1) is 0 Å². The van der Waals surface area contributed by atoms with E-state index in [-0.39, 0.29) is 11.7 Å². The second kappa shape index (κ2) is 9.24. The van der Waals surface area contributed by atoms with E-state index < -0.39 is 0 Å². The number of rotatable bonds is 6. The lowest BCUT2D eigenvalue weighted by Gasteiger charge is -2.29. The van der Waals surface area contributed by atoms with Crippen molar-refractivity contribution in [3.8, 4) is 17.0 Å². The number of hydrogen-bond acceptors (Lipinski definition) is 6. The summed E-state index contributed by atoms with van der Waals surface area (Å²) in [7, 11) is 1.82. The molecule has 1 N–H and O–H groups in total. The van der Waals surface area contributed by atoms with Gasteiger partial charge in [0.05, 0.1) is 46.5 Å². The predicted molar refractivity (Wildman–Crippen MR) is 144 cm³/mol. The first-order valence-corrected chi connectivity index (χ1v) is 13.1. The molecule has 2 aliphatic rings. The quantitative estimate of drug-likeness (QED) is 0.406. The Hall–Kier alpha value is -3.39. The van der Waals surface area contributed by atoms with E-state index in [1.807, 2.05) is 29.9 Å². The van der Waals surface area contributed by atoms with Crippen LogP contribution in [0.2, 0.25) is 0 Å². The van der Waals surface area contributed by atoms with Gasteiger partial charge in [-0.3, -0.25) is 14.1 Å². The standard InChI is InChI=1S/C28H34N6O2/c1-18-9-12-33(13-10-18)11-4-14-36-24-8-5-20(16-30-24)21-6-7-22-25-26(21)31-15-19(2)34-27(25)23(17-29-22)32(3)28(34)35/h5-8,16-19,31H,4,9-15H2,1-3H3/t19-/m0/s1. The van der Waals surface area contributed by atoms with Crippen molar-refractivity contribution in [1.29, 1.82) is 0 Å². The largest absolute Gasteiger partial charge is 0.478 e. The molecular weight excluding hydrogens is 452 g/mol. The summed E-state index contributed by atoms with van der Waals surface area (Å²) in [4.78, 5) is 24.8. The first-order chi connectivity index (χ1) is 17.5. The minimum atomic E-state index is -0.00938. The van der Waals surface area contributed by atoms with Gasteiger partial charge in [0.1, 0.15) is 0 Å². The number of anilines is 1. The van der Waals surface area contributed by atoms with Gasteiger partial charge in [-0.2, -0.15) is 0 Å². The Morgan fingerprint density at radius 3 is 2.69 bits per heavy atom. The topological polar surface area (TPSA) is 77.2 Å². The number of nitrogens with one attached hydrogen (secondary N) is 1. The first kappa shape index (κ1) is 23.0. The van der Waals surface area contributed by atoms with Crippen LogP contribution in [0.3, 0.4) is 0 Å². The third kappa shape index (κ3) is 3.93. The molecule has 36 heavy (non-hydrogen) atoms. The molecule has 8 heteroatoms. The summed E-state index contributed by atoms with van der Waals surface area (Å²) in [5.41, 5.74) is 5.71. The summed E-state index contributed by atoms with van der Waals surface area (Å²) in [6, 6.07) is 8.15. The van der Waals surface area contributed by atoms with E-state index in [0.29, 0.717) is 19.0 Å². The molecule has 5 heterocycles. The molecule has 1 saturated heterocycles. The fourth-order valence-electron chi connectivity index (χ4n) is 5.66. The number of piperidine rings is 1. The molecule has 2 aliphatic heterocycles. The van der Waals surface area contributed by atoms with Crippen LogP contribution in [0.15, 0.2) is 41.5 Å². The number of pyridine rings is 2. The van der Waals surface area contributed by atoms with Gasteiger partial charge in [0.2, 0.25) is 5.88 Å². The smallest absolute Gasteiger partial charge is 0.329 e. The van der Waals surface area contributed by atoms with Gasteiger partial charge >= 0.3 is 5.69 Å². The molecule has 8 nitrogen and oxygen atoms in total. The summed E-state index contributed by atoms with van der Waals surface area (Å²) >= 11 is 0. The highest BCUT2D eigenvalue weighted by molar-refractivity contribution is 6.13. The summed E-state index contributed by atoms with van der Waals surface area (Å²) in [5.74, 6) is 1.51. The van der Waals surface area contributed by atoms with E-state index in [2.05, 4.69) is 46.2 Å². The second-order valence-corrected chi connectivity index (χ2v) is 10.4. The van der Waals surface area contributed by atoms with E-state index >= 15 is 0 Å². The number of ether oxygens (including phenoxy) is 1. The van der Waals surface area contributed by atoms with E-state index in [0.717, 1.165) is 57.6 Å². The molecule has 0 radical (unpaired) electrons.